The van der Waals surface area contributed by atoms with E-state index in [0.717, 1.165) is 11.1 Å². The Morgan fingerprint density at radius 3 is 2.47 bits per heavy atom. The van der Waals surface area contributed by atoms with Crippen molar-refractivity contribution >= 4 is 12.1 Å². The zero-order chi connectivity index (χ0) is 12.1. The molecule has 1 radical (unpaired) electrons. The van der Waals surface area contributed by atoms with Crippen LogP contribution in [0.2, 0.25) is 0 Å². The van der Waals surface area contributed by atoms with Crippen LogP contribution in [0.5, 0.6) is 5.75 Å². The van der Waals surface area contributed by atoms with E-state index in [2.05, 4.69) is 5.32 Å². The highest BCUT2D eigenvalue weighted by molar-refractivity contribution is 5.80. The molecule has 85 valence electrons. The van der Waals surface area contributed by atoms with E-state index in [9.17, 15) is 4.79 Å². The largest absolute Gasteiger partial charge is 0.495 e. The number of hydrogen-bond donors (Lipinski definition) is 1. The molecule has 1 amide bonds. The molecule has 3 nitrogen and oxygen atoms in total. The van der Waals surface area contributed by atoms with Crippen LogP contribution in [0.25, 0.3) is 11.1 Å². The molecule has 0 saturated carbocycles. The number of anilines is 1. The highest BCUT2D eigenvalue weighted by Crippen LogP contribution is 2.30. The molecule has 2 aromatic carbocycles. The van der Waals surface area contributed by atoms with Crippen molar-refractivity contribution in [3.63, 3.8) is 0 Å². The zero-order valence-electron chi connectivity index (χ0n) is 9.44. The van der Waals surface area contributed by atoms with Crippen molar-refractivity contribution in [3.8, 4) is 16.9 Å². The first-order valence-electron chi connectivity index (χ1n) is 5.22. The molecule has 2 rings (SSSR count). The van der Waals surface area contributed by atoms with E-state index < -0.39 is 0 Å². The van der Waals surface area contributed by atoms with Crippen LogP contribution in [0.1, 0.15) is 0 Å². The fourth-order valence-electron chi connectivity index (χ4n) is 1.67. The number of amides is 1. The maximum Gasteiger partial charge on any atom is 0.314 e. The summed E-state index contributed by atoms with van der Waals surface area (Å²) in [5.74, 6) is 0.619. The van der Waals surface area contributed by atoms with Crippen LogP contribution in [0, 0.1) is 0 Å². The highest BCUT2D eigenvalue weighted by atomic mass is 16.5. The fraction of sp³-hybridized carbons (Fsp3) is 0.0714. The van der Waals surface area contributed by atoms with Crippen molar-refractivity contribution in [1.82, 2.24) is 0 Å². The number of methoxy groups -OCH3 is 1. The molecular weight excluding hydrogens is 214 g/mol. The molecule has 0 aliphatic heterocycles. The van der Waals surface area contributed by atoms with E-state index in [1.165, 1.54) is 0 Å². The summed E-state index contributed by atoms with van der Waals surface area (Å²) in [5.41, 5.74) is 2.72. The van der Waals surface area contributed by atoms with Gasteiger partial charge in [-0.3, -0.25) is 4.79 Å². The Bertz CT molecular complexity index is 509. The summed E-state index contributed by atoms with van der Waals surface area (Å²) in [7, 11) is 1.56. The van der Waals surface area contributed by atoms with Gasteiger partial charge in [0.2, 0.25) is 0 Å². The van der Waals surface area contributed by atoms with Crippen molar-refractivity contribution in [2.75, 3.05) is 12.4 Å². The third-order valence-electron chi connectivity index (χ3n) is 2.49. The lowest BCUT2D eigenvalue weighted by Gasteiger charge is -2.09. The molecule has 0 aromatic heterocycles. The van der Waals surface area contributed by atoms with Gasteiger partial charge in [0.1, 0.15) is 5.75 Å². The second kappa shape index (κ2) is 5.16. The lowest BCUT2D eigenvalue weighted by molar-refractivity contribution is 0.417. The summed E-state index contributed by atoms with van der Waals surface area (Å²) >= 11 is 0. The summed E-state index contributed by atoms with van der Waals surface area (Å²) in [6.07, 6.45) is 1.66. The van der Waals surface area contributed by atoms with Gasteiger partial charge in [-0.2, -0.15) is 0 Å². The van der Waals surface area contributed by atoms with Crippen molar-refractivity contribution in [3.05, 3.63) is 48.5 Å². The minimum Gasteiger partial charge on any atom is -0.495 e. The van der Waals surface area contributed by atoms with Gasteiger partial charge in [-0.25, -0.2) is 0 Å². The first kappa shape index (κ1) is 11.2. The van der Waals surface area contributed by atoms with Gasteiger partial charge in [-0.05, 0) is 23.3 Å². The van der Waals surface area contributed by atoms with Crippen molar-refractivity contribution < 1.29 is 9.53 Å². The maximum absolute atomic E-state index is 10.4. The van der Waals surface area contributed by atoms with E-state index in [1.807, 2.05) is 48.5 Å². The SMILES string of the molecule is COc1ccc(-c2ccccc2)cc1N[C]=O. The average Bonchev–Trinajstić information content (AvgIpc) is 2.40. The molecule has 2 aromatic rings. The molecular formula is C14H12NO2. The van der Waals surface area contributed by atoms with Gasteiger partial charge in [0, 0.05) is 0 Å². The van der Waals surface area contributed by atoms with E-state index in [-0.39, 0.29) is 0 Å². The summed E-state index contributed by atoms with van der Waals surface area (Å²) in [5, 5.41) is 2.51. The molecule has 0 aliphatic rings. The smallest absolute Gasteiger partial charge is 0.314 e. The second-order valence-electron chi connectivity index (χ2n) is 3.51. The number of rotatable bonds is 4. The van der Waals surface area contributed by atoms with Crippen LogP contribution >= 0.6 is 0 Å². The van der Waals surface area contributed by atoms with Crippen LogP contribution < -0.4 is 10.1 Å². The van der Waals surface area contributed by atoms with Gasteiger partial charge in [-0.1, -0.05) is 36.4 Å². The standard InChI is InChI=1S/C14H12NO2/c1-17-14-8-7-12(9-13(14)15-10-16)11-5-3-2-4-6-11/h2-9H,1H3,(H,15,16). The summed E-state index contributed by atoms with van der Waals surface area (Å²) < 4.78 is 5.15. The molecule has 0 atom stereocenters. The summed E-state index contributed by atoms with van der Waals surface area (Å²) in [6, 6.07) is 15.6. The van der Waals surface area contributed by atoms with Gasteiger partial charge in [0.05, 0.1) is 12.8 Å². The normalized spacial score (nSPS) is 9.71. The van der Waals surface area contributed by atoms with E-state index in [0.29, 0.717) is 11.4 Å². The molecule has 0 heterocycles. The highest BCUT2D eigenvalue weighted by Gasteiger charge is 2.05. The monoisotopic (exact) mass is 226 g/mol. The van der Waals surface area contributed by atoms with Crippen molar-refractivity contribution in [1.29, 1.82) is 0 Å². The molecule has 1 N–H and O–H groups in total. The van der Waals surface area contributed by atoms with Crippen LogP contribution in [-0.2, 0) is 4.79 Å². The van der Waals surface area contributed by atoms with Crippen LogP contribution in [0.3, 0.4) is 0 Å². The number of nitrogens with one attached hydrogen (secondary N) is 1. The molecule has 0 fully saturated rings. The second-order valence-corrected chi connectivity index (χ2v) is 3.51. The topological polar surface area (TPSA) is 38.3 Å². The first-order valence-corrected chi connectivity index (χ1v) is 5.22. The van der Waals surface area contributed by atoms with E-state index >= 15 is 0 Å². The fourth-order valence-corrected chi connectivity index (χ4v) is 1.67. The summed E-state index contributed by atoms with van der Waals surface area (Å²) in [6.45, 7) is 0. The quantitative estimate of drug-likeness (QED) is 0.814. The molecule has 0 saturated heterocycles. The Balaban J connectivity index is 2.43. The number of hydrogen-bond acceptors (Lipinski definition) is 2. The zero-order valence-corrected chi connectivity index (χ0v) is 9.44. The summed E-state index contributed by atoms with van der Waals surface area (Å²) in [4.78, 5) is 10.4. The van der Waals surface area contributed by atoms with E-state index in [4.69, 9.17) is 4.74 Å². The Kier molecular flexibility index (Phi) is 3.40. The van der Waals surface area contributed by atoms with Gasteiger partial charge in [-0.15, -0.1) is 0 Å². The van der Waals surface area contributed by atoms with Crippen LogP contribution in [0.15, 0.2) is 48.5 Å². The Hall–Kier alpha value is -2.29. The average molecular weight is 226 g/mol. The molecule has 0 bridgehead atoms. The van der Waals surface area contributed by atoms with Gasteiger partial charge in [0.25, 0.3) is 0 Å². The molecule has 3 heteroatoms. The van der Waals surface area contributed by atoms with Crippen molar-refractivity contribution in [2.24, 2.45) is 0 Å². The molecule has 0 spiro atoms. The van der Waals surface area contributed by atoms with Crippen molar-refractivity contribution in [2.45, 2.75) is 0 Å². The van der Waals surface area contributed by atoms with E-state index in [1.54, 1.807) is 13.5 Å². The Morgan fingerprint density at radius 2 is 1.82 bits per heavy atom. The lowest BCUT2D eigenvalue weighted by Crippen LogP contribution is -1.97. The maximum atomic E-state index is 10.4. The Morgan fingerprint density at radius 1 is 1.06 bits per heavy atom. The molecule has 0 unspecified atom stereocenters. The van der Waals surface area contributed by atoms with Gasteiger partial charge < -0.3 is 10.1 Å². The van der Waals surface area contributed by atoms with Crippen LogP contribution in [-0.4, -0.2) is 13.5 Å². The van der Waals surface area contributed by atoms with Gasteiger partial charge in [0.15, 0.2) is 0 Å². The third-order valence-corrected chi connectivity index (χ3v) is 2.49. The number of carbonyl (C=O) groups excluding carboxylic acids is 1. The molecule has 17 heavy (non-hydrogen) atoms. The van der Waals surface area contributed by atoms with Crippen LogP contribution in [0.4, 0.5) is 5.69 Å². The Labute approximate surface area is 100 Å². The van der Waals surface area contributed by atoms with Gasteiger partial charge >= 0.3 is 6.41 Å². The first-order chi connectivity index (χ1) is 8.35. The number of benzene rings is 2. The lowest BCUT2D eigenvalue weighted by atomic mass is 10.0. The minimum atomic E-state index is 0.615. The third kappa shape index (κ3) is 2.45. The predicted octanol–water partition coefficient (Wildman–Crippen LogP) is 2.84. The number of ether oxygens (including phenoxy) is 1. The molecule has 0 aliphatic carbocycles. The predicted molar refractivity (Wildman–Crippen MR) is 67.7 cm³/mol. The minimum absolute atomic E-state index is 0.615.